The molecule has 3 aromatic rings. The Balaban J connectivity index is 1.60. The van der Waals surface area contributed by atoms with E-state index >= 15 is 0 Å². The van der Waals surface area contributed by atoms with Gasteiger partial charge in [-0.3, -0.25) is 25.0 Å². The molecule has 0 aliphatic rings. The van der Waals surface area contributed by atoms with Gasteiger partial charge in [0.15, 0.2) is 5.75 Å². The maximum absolute atomic E-state index is 12.1. The zero-order valence-electron chi connectivity index (χ0n) is 17.3. The van der Waals surface area contributed by atoms with E-state index in [0.29, 0.717) is 15.8 Å². The van der Waals surface area contributed by atoms with Crippen molar-refractivity contribution in [2.45, 2.75) is 13.0 Å². The number of benzene rings is 3. The molecule has 10 nitrogen and oxygen atoms in total. The number of rotatable bonds is 9. The molecule has 0 bridgehead atoms. The van der Waals surface area contributed by atoms with Crippen LogP contribution in [0.15, 0.2) is 70.2 Å². The highest BCUT2D eigenvalue weighted by molar-refractivity contribution is 9.10. The second-order valence-electron chi connectivity index (χ2n) is 6.88. The number of hydrazone groups is 1. The van der Waals surface area contributed by atoms with Gasteiger partial charge in [-0.05, 0) is 51.3 Å². The minimum atomic E-state index is -0.545. The Morgan fingerprint density at radius 3 is 2.44 bits per heavy atom. The van der Waals surface area contributed by atoms with Crippen molar-refractivity contribution in [3.05, 3.63) is 107 Å². The number of amides is 1. The third-order valence-corrected chi connectivity index (χ3v) is 5.36. The van der Waals surface area contributed by atoms with Gasteiger partial charge in [-0.1, -0.05) is 29.8 Å². The molecule has 0 aliphatic carbocycles. The summed E-state index contributed by atoms with van der Waals surface area (Å²) in [6.07, 6.45) is 1.17. The molecule has 0 aromatic heterocycles. The van der Waals surface area contributed by atoms with Crippen molar-refractivity contribution in [2.24, 2.45) is 5.10 Å². The lowest BCUT2D eigenvalue weighted by Gasteiger charge is -2.11. The second-order valence-corrected chi connectivity index (χ2v) is 8.14. The third kappa shape index (κ3) is 6.59. The minimum absolute atomic E-state index is 0.0133. The van der Waals surface area contributed by atoms with Crippen LogP contribution in [-0.4, -0.2) is 22.0 Å². The van der Waals surface area contributed by atoms with E-state index < -0.39 is 15.8 Å². The summed E-state index contributed by atoms with van der Waals surface area (Å²) in [7, 11) is 0. The van der Waals surface area contributed by atoms with Gasteiger partial charge in [-0.15, -0.1) is 0 Å². The number of hydrogen-bond donors (Lipinski definition) is 1. The number of hydrogen-bond acceptors (Lipinski definition) is 7. The molecule has 0 saturated carbocycles. The van der Waals surface area contributed by atoms with Crippen LogP contribution >= 0.6 is 27.5 Å². The van der Waals surface area contributed by atoms with Crippen LogP contribution in [0.1, 0.15) is 16.7 Å². The first-order valence-corrected chi connectivity index (χ1v) is 10.8. The first kappa shape index (κ1) is 24.8. The van der Waals surface area contributed by atoms with E-state index in [9.17, 15) is 25.0 Å². The maximum atomic E-state index is 12.1. The van der Waals surface area contributed by atoms with Crippen LogP contribution in [0.2, 0.25) is 5.02 Å². The molecule has 174 valence electrons. The largest absolute Gasteiger partial charge is 0.486 e. The summed E-state index contributed by atoms with van der Waals surface area (Å²) >= 11 is 9.68. The van der Waals surface area contributed by atoms with Crippen LogP contribution in [0.3, 0.4) is 0 Å². The van der Waals surface area contributed by atoms with Gasteiger partial charge in [0.05, 0.1) is 32.0 Å². The quantitative estimate of drug-likeness (QED) is 0.222. The smallest absolute Gasteiger partial charge is 0.273 e. The molecule has 1 amide bonds. The lowest BCUT2D eigenvalue weighted by molar-refractivity contribution is -0.385. The molecule has 0 radical (unpaired) electrons. The van der Waals surface area contributed by atoms with E-state index in [1.165, 1.54) is 36.5 Å². The summed E-state index contributed by atoms with van der Waals surface area (Å²) in [6.45, 7) is 0.144. The Morgan fingerprint density at radius 2 is 1.79 bits per heavy atom. The van der Waals surface area contributed by atoms with Gasteiger partial charge < -0.3 is 4.74 Å². The summed E-state index contributed by atoms with van der Waals surface area (Å²) in [5, 5.41) is 25.9. The minimum Gasteiger partial charge on any atom is -0.486 e. The van der Waals surface area contributed by atoms with Crippen LogP contribution in [0, 0.1) is 20.2 Å². The molecule has 0 heterocycles. The van der Waals surface area contributed by atoms with Crippen molar-refractivity contribution in [2.75, 3.05) is 0 Å². The highest BCUT2D eigenvalue weighted by atomic mass is 79.9. The van der Waals surface area contributed by atoms with E-state index in [-0.39, 0.29) is 35.0 Å². The topological polar surface area (TPSA) is 137 Å². The van der Waals surface area contributed by atoms with Crippen molar-refractivity contribution < 1.29 is 19.4 Å². The Morgan fingerprint density at radius 1 is 1.09 bits per heavy atom. The van der Waals surface area contributed by atoms with E-state index in [1.807, 2.05) is 0 Å². The zero-order valence-corrected chi connectivity index (χ0v) is 19.7. The standard InChI is InChI=1S/C22H16BrClN4O6/c23-18-9-15(12-25-26-21(29)11-16-3-1-2-4-20(16)28(32)33)10-19(24)22(18)34-13-14-5-7-17(8-6-14)27(30)31/h1-10,12H,11,13H2,(H,26,29)/b25-12+. The van der Waals surface area contributed by atoms with Crippen molar-refractivity contribution in [1.82, 2.24) is 5.43 Å². The number of nitrogens with one attached hydrogen (secondary N) is 1. The average Bonchev–Trinajstić information content (AvgIpc) is 2.79. The molecule has 3 rings (SSSR count). The first-order valence-electron chi connectivity index (χ1n) is 9.64. The van der Waals surface area contributed by atoms with E-state index in [4.69, 9.17) is 16.3 Å². The van der Waals surface area contributed by atoms with Crippen molar-refractivity contribution in [3.8, 4) is 5.75 Å². The Kier molecular flexibility index (Phi) is 8.28. The lowest BCUT2D eigenvalue weighted by atomic mass is 10.1. The molecule has 0 aliphatic heterocycles. The lowest BCUT2D eigenvalue weighted by Crippen LogP contribution is -2.20. The van der Waals surface area contributed by atoms with Crippen molar-refractivity contribution in [1.29, 1.82) is 0 Å². The third-order valence-electron chi connectivity index (χ3n) is 4.49. The molecular weight excluding hydrogens is 532 g/mol. The molecular formula is C22H16BrClN4O6. The molecule has 0 fully saturated rings. The highest BCUT2D eigenvalue weighted by Crippen LogP contribution is 2.34. The predicted molar refractivity (Wildman–Crippen MR) is 129 cm³/mol. The number of non-ortho nitro benzene ring substituents is 1. The van der Waals surface area contributed by atoms with Crippen LogP contribution in [0.4, 0.5) is 11.4 Å². The van der Waals surface area contributed by atoms with Crippen LogP contribution in [0.5, 0.6) is 5.75 Å². The fourth-order valence-electron chi connectivity index (χ4n) is 2.89. The monoisotopic (exact) mass is 546 g/mol. The Labute approximate surface area is 206 Å². The van der Waals surface area contributed by atoms with Gasteiger partial charge in [0.1, 0.15) is 6.61 Å². The normalized spacial score (nSPS) is 10.8. The second kappa shape index (κ2) is 11.3. The zero-order chi connectivity index (χ0) is 24.7. The maximum Gasteiger partial charge on any atom is 0.273 e. The van der Waals surface area contributed by atoms with Crippen LogP contribution in [0.25, 0.3) is 0 Å². The summed E-state index contributed by atoms with van der Waals surface area (Å²) < 4.78 is 6.27. The summed E-state index contributed by atoms with van der Waals surface area (Å²) in [4.78, 5) is 32.9. The highest BCUT2D eigenvalue weighted by Gasteiger charge is 2.15. The fourth-order valence-corrected chi connectivity index (χ4v) is 3.88. The first-order chi connectivity index (χ1) is 16.2. The van der Waals surface area contributed by atoms with Gasteiger partial charge in [0.25, 0.3) is 11.4 Å². The van der Waals surface area contributed by atoms with Gasteiger partial charge in [0, 0.05) is 23.8 Å². The van der Waals surface area contributed by atoms with Crippen LogP contribution in [-0.2, 0) is 17.8 Å². The summed E-state index contributed by atoms with van der Waals surface area (Å²) in [6, 6.07) is 15.2. The Hall–Kier alpha value is -3.83. The van der Waals surface area contributed by atoms with Crippen LogP contribution < -0.4 is 10.2 Å². The molecule has 12 heteroatoms. The summed E-state index contributed by atoms with van der Waals surface area (Å²) in [5.74, 6) is -0.142. The SMILES string of the molecule is O=C(Cc1ccccc1[N+](=O)[O-])N/N=C/c1cc(Cl)c(OCc2ccc([N+](=O)[O-])cc2)c(Br)c1. The number of nitro benzene ring substituents is 2. The van der Waals surface area contributed by atoms with Gasteiger partial charge >= 0.3 is 0 Å². The Bertz CT molecular complexity index is 1240. The van der Waals surface area contributed by atoms with Crippen molar-refractivity contribution >= 4 is 51.0 Å². The number of carbonyl (C=O) groups excluding carboxylic acids is 1. The number of para-hydroxylation sites is 1. The molecule has 1 N–H and O–H groups in total. The van der Waals surface area contributed by atoms with Gasteiger partial charge in [-0.25, -0.2) is 5.43 Å². The molecule has 0 unspecified atom stereocenters. The van der Waals surface area contributed by atoms with E-state index in [1.54, 1.807) is 30.3 Å². The van der Waals surface area contributed by atoms with Gasteiger partial charge in [-0.2, -0.15) is 5.10 Å². The number of nitro groups is 2. The van der Waals surface area contributed by atoms with Crippen molar-refractivity contribution in [3.63, 3.8) is 0 Å². The molecule has 0 saturated heterocycles. The summed E-state index contributed by atoms with van der Waals surface area (Å²) in [5.41, 5.74) is 3.74. The fraction of sp³-hybridized carbons (Fsp3) is 0.0909. The number of ether oxygens (including phenoxy) is 1. The molecule has 0 atom stereocenters. The van der Waals surface area contributed by atoms with E-state index in [0.717, 1.165) is 5.56 Å². The van der Waals surface area contributed by atoms with Gasteiger partial charge in [0.2, 0.25) is 5.91 Å². The average molecular weight is 548 g/mol. The molecule has 0 spiro atoms. The molecule has 3 aromatic carbocycles. The number of nitrogens with zero attached hydrogens (tertiary/aromatic N) is 3. The predicted octanol–water partition coefficient (Wildman–Crippen LogP) is 5.19. The van der Waals surface area contributed by atoms with E-state index in [2.05, 4.69) is 26.5 Å². The number of halogens is 2. The molecule has 34 heavy (non-hydrogen) atoms. The number of carbonyl (C=O) groups is 1.